The highest BCUT2D eigenvalue weighted by atomic mass is 16.5. The Labute approximate surface area is 95.6 Å². The molecule has 2 aliphatic rings. The Hall–Kier alpha value is -0.610. The minimum Gasteiger partial charge on any atom is -0.481 e. The normalized spacial score (nSPS) is 34.9. The molecule has 2 fully saturated rings. The second-order valence-electron chi connectivity index (χ2n) is 5.30. The number of rotatable bonds is 5. The molecule has 2 rings (SSSR count). The summed E-state index contributed by atoms with van der Waals surface area (Å²) in [6, 6.07) is 0. The van der Waals surface area contributed by atoms with Crippen LogP contribution in [0.4, 0.5) is 0 Å². The zero-order valence-corrected chi connectivity index (χ0v) is 9.52. The molecule has 0 saturated heterocycles. The summed E-state index contributed by atoms with van der Waals surface area (Å²) in [7, 11) is 0. The number of carboxylic acids is 1. The Morgan fingerprint density at radius 1 is 1.25 bits per heavy atom. The number of aliphatic hydroxyl groups is 1. The van der Waals surface area contributed by atoms with Crippen molar-refractivity contribution in [2.24, 2.45) is 11.8 Å². The Kier molecular flexibility index (Phi) is 3.50. The van der Waals surface area contributed by atoms with E-state index in [1.165, 1.54) is 12.8 Å². The van der Waals surface area contributed by atoms with Crippen molar-refractivity contribution in [1.29, 1.82) is 0 Å². The van der Waals surface area contributed by atoms with Gasteiger partial charge >= 0.3 is 5.97 Å². The fraction of sp³-hybridized carbons (Fsp3) is 0.917. The van der Waals surface area contributed by atoms with E-state index in [0.29, 0.717) is 38.2 Å². The number of ether oxygens (including phenoxy) is 1. The fourth-order valence-electron chi connectivity index (χ4n) is 2.25. The lowest BCUT2D eigenvalue weighted by Gasteiger charge is -2.34. The van der Waals surface area contributed by atoms with Crippen molar-refractivity contribution in [3.63, 3.8) is 0 Å². The predicted molar refractivity (Wildman–Crippen MR) is 58.1 cm³/mol. The van der Waals surface area contributed by atoms with Crippen LogP contribution in [0.1, 0.15) is 38.5 Å². The summed E-state index contributed by atoms with van der Waals surface area (Å²) in [5.74, 6) is -0.302. The van der Waals surface area contributed by atoms with Crippen molar-refractivity contribution >= 4 is 5.97 Å². The van der Waals surface area contributed by atoms with Crippen LogP contribution >= 0.6 is 0 Å². The number of hydrogen-bond acceptors (Lipinski definition) is 3. The van der Waals surface area contributed by atoms with Crippen LogP contribution in [0.25, 0.3) is 0 Å². The lowest BCUT2D eigenvalue weighted by atomic mass is 9.79. The van der Waals surface area contributed by atoms with Crippen LogP contribution in [-0.2, 0) is 9.53 Å². The first-order valence-corrected chi connectivity index (χ1v) is 6.12. The van der Waals surface area contributed by atoms with Crippen LogP contribution in [0.5, 0.6) is 0 Å². The quantitative estimate of drug-likeness (QED) is 0.746. The Bertz CT molecular complexity index is 252. The molecule has 0 aromatic carbocycles. The molecule has 0 spiro atoms. The first-order valence-electron chi connectivity index (χ1n) is 6.12. The predicted octanol–water partition coefficient (Wildman–Crippen LogP) is 1.42. The monoisotopic (exact) mass is 228 g/mol. The Morgan fingerprint density at radius 2 is 1.88 bits per heavy atom. The Morgan fingerprint density at radius 3 is 2.38 bits per heavy atom. The van der Waals surface area contributed by atoms with Crippen LogP contribution in [-0.4, -0.2) is 35.0 Å². The molecule has 0 aromatic rings. The van der Waals surface area contributed by atoms with E-state index >= 15 is 0 Å². The van der Waals surface area contributed by atoms with Gasteiger partial charge in [-0.1, -0.05) is 0 Å². The number of carboxylic acid groups (broad SMARTS) is 1. The van der Waals surface area contributed by atoms with E-state index in [2.05, 4.69) is 0 Å². The molecule has 0 unspecified atom stereocenters. The third kappa shape index (κ3) is 3.19. The van der Waals surface area contributed by atoms with E-state index in [0.717, 1.165) is 6.61 Å². The van der Waals surface area contributed by atoms with Crippen molar-refractivity contribution < 1.29 is 19.7 Å². The summed E-state index contributed by atoms with van der Waals surface area (Å²) < 4.78 is 5.50. The molecule has 0 aliphatic heterocycles. The van der Waals surface area contributed by atoms with Gasteiger partial charge in [-0.25, -0.2) is 0 Å². The van der Waals surface area contributed by atoms with Gasteiger partial charge in [-0.3, -0.25) is 4.79 Å². The Balaban J connectivity index is 1.69. The molecule has 16 heavy (non-hydrogen) atoms. The summed E-state index contributed by atoms with van der Waals surface area (Å²) in [4.78, 5) is 10.8. The minimum absolute atomic E-state index is 0.274. The molecule has 2 saturated carbocycles. The van der Waals surface area contributed by atoms with Crippen molar-refractivity contribution in [3.05, 3.63) is 0 Å². The zero-order valence-electron chi connectivity index (χ0n) is 9.52. The summed E-state index contributed by atoms with van der Waals surface area (Å²) >= 11 is 0. The molecule has 0 atom stereocenters. The van der Waals surface area contributed by atoms with Crippen LogP contribution in [0.15, 0.2) is 0 Å². The molecule has 0 radical (unpaired) electrons. The van der Waals surface area contributed by atoms with Crippen molar-refractivity contribution in [2.45, 2.75) is 44.1 Å². The third-order valence-corrected chi connectivity index (χ3v) is 3.69. The maximum atomic E-state index is 10.8. The standard InChI is InChI=1S/C12H20O4/c13-11(14)10-3-5-12(15,6-4-10)8-16-7-9-1-2-9/h9-10,15H,1-8H2,(H,13,14). The van der Waals surface area contributed by atoms with Gasteiger partial charge in [0.25, 0.3) is 0 Å². The second kappa shape index (κ2) is 4.72. The zero-order chi connectivity index (χ0) is 11.6. The van der Waals surface area contributed by atoms with Gasteiger partial charge in [0, 0.05) is 6.61 Å². The van der Waals surface area contributed by atoms with Crippen molar-refractivity contribution in [3.8, 4) is 0 Å². The number of hydrogen-bond donors (Lipinski definition) is 2. The van der Waals surface area contributed by atoms with Gasteiger partial charge in [0.1, 0.15) is 0 Å². The first-order chi connectivity index (χ1) is 7.59. The topological polar surface area (TPSA) is 66.8 Å². The lowest BCUT2D eigenvalue weighted by Crippen LogP contribution is -2.40. The largest absolute Gasteiger partial charge is 0.481 e. The van der Waals surface area contributed by atoms with Gasteiger partial charge in [0.05, 0.1) is 18.1 Å². The molecule has 4 heteroatoms. The SMILES string of the molecule is O=C(O)C1CCC(O)(COCC2CC2)CC1. The molecule has 0 aromatic heterocycles. The van der Waals surface area contributed by atoms with E-state index in [1.54, 1.807) is 0 Å². The first kappa shape index (κ1) is 11.9. The van der Waals surface area contributed by atoms with Crippen LogP contribution in [0, 0.1) is 11.8 Å². The summed E-state index contributed by atoms with van der Waals surface area (Å²) in [5.41, 5.74) is -0.777. The third-order valence-electron chi connectivity index (χ3n) is 3.69. The van der Waals surface area contributed by atoms with Crippen molar-refractivity contribution in [2.75, 3.05) is 13.2 Å². The van der Waals surface area contributed by atoms with Gasteiger partial charge in [-0.15, -0.1) is 0 Å². The summed E-state index contributed by atoms with van der Waals surface area (Å²) in [6.45, 7) is 1.13. The molecule has 0 amide bonds. The van der Waals surface area contributed by atoms with E-state index < -0.39 is 11.6 Å². The average Bonchev–Trinajstić information content (AvgIpc) is 3.02. The van der Waals surface area contributed by atoms with Gasteiger partial charge in [-0.2, -0.15) is 0 Å². The summed E-state index contributed by atoms with van der Waals surface area (Å²) in [5, 5.41) is 19.0. The van der Waals surface area contributed by atoms with E-state index in [-0.39, 0.29) is 5.92 Å². The minimum atomic E-state index is -0.777. The molecule has 0 heterocycles. The molecular weight excluding hydrogens is 208 g/mol. The molecule has 4 nitrogen and oxygen atoms in total. The highest BCUT2D eigenvalue weighted by Crippen LogP contribution is 2.34. The molecule has 0 bridgehead atoms. The van der Waals surface area contributed by atoms with E-state index in [4.69, 9.17) is 9.84 Å². The molecule has 2 N–H and O–H groups in total. The lowest BCUT2D eigenvalue weighted by molar-refractivity contribution is -0.146. The van der Waals surface area contributed by atoms with Crippen LogP contribution in [0.3, 0.4) is 0 Å². The van der Waals surface area contributed by atoms with Crippen LogP contribution in [0.2, 0.25) is 0 Å². The second-order valence-corrected chi connectivity index (χ2v) is 5.30. The maximum Gasteiger partial charge on any atom is 0.306 e. The van der Waals surface area contributed by atoms with Crippen LogP contribution < -0.4 is 0 Å². The van der Waals surface area contributed by atoms with Gasteiger partial charge in [-0.05, 0) is 44.4 Å². The fourth-order valence-corrected chi connectivity index (χ4v) is 2.25. The smallest absolute Gasteiger partial charge is 0.306 e. The average molecular weight is 228 g/mol. The van der Waals surface area contributed by atoms with E-state index in [1.807, 2.05) is 0 Å². The van der Waals surface area contributed by atoms with Gasteiger partial charge in [0.15, 0.2) is 0 Å². The molecular formula is C12H20O4. The number of aliphatic carboxylic acids is 1. The van der Waals surface area contributed by atoms with Crippen molar-refractivity contribution in [1.82, 2.24) is 0 Å². The molecule has 92 valence electrons. The highest BCUT2D eigenvalue weighted by Gasteiger charge is 2.36. The highest BCUT2D eigenvalue weighted by molar-refractivity contribution is 5.70. The molecule has 2 aliphatic carbocycles. The maximum absolute atomic E-state index is 10.8. The van der Waals surface area contributed by atoms with Gasteiger partial charge in [0.2, 0.25) is 0 Å². The van der Waals surface area contributed by atoms with E-state index in [9.17, 15) is 9.90 Å². The van der Waals surface area contributed by atoms with Gasteiger partial charge < -0.3 is 14.9 Å². The summed E-state index contributed by atoms with van der Waals surface area (Å²) in [6.07, 6.45) is 4.74. The number of carbonyl (C=O) groups is 1.